The van der Waals surface area contributed by atoms with Crippen molar-refractivity contribution in [1.82, 2.24) is 9.80 Å². The van der Waals surface area contributed by atoms with Gasteiger partial charge >= 0.3 is 0 Å². The Balaban J connectivity index is 1.43. The van der Waals surface area contributed by atoms with Crippen LogP contribution in [0.5, 0.6) is 0 Å². The number of piperazine rings is 1. The number of nitrogens with zero attached hydrogens (tertiary/aromatic N) is 4. The molecule has 0 N–H and O–H groups in total. The molecule has 0 bridgehead atoms. The van der Waals surface area contributed by atoms with Crippen molar-refractivity contribution in [3.8, 4) is 0 Å². The van der Waals surface area contributed by atoms with E-state index < -0.39 is 0 Å². The quantitative estimate of drug-likeness (QED) is 0.819. The highest BCUT2D eigenvalue weighted by atomic mass is 32.2. The Morgan fingerprint density at radius 1 is 1.35 bits per heavy atom. The smallest absolute Gasteiger partial charge is 0.246 e. The zero-order chi connectivity index (χ0) is 18.3. The number of carbonyl (C=O) groups is 2. The molecule has 136 valence electrons. The third-order valence-electron chi connectivity index (χ3n) is 5.00. The van der Waals surface area contributed by atoms with Crippen LogP contribution in [0.15, 0.2) is 40.4 Å². The summed E-state index contributed by atoms with van der Waals surface area (Å²) in [6.07, 6.45) is 0.327. The first kappa shape index (κ1) is 17.1. The summed E-state index contributed by atoms with van der Waals surface area (Å²) in [5.74, 6) is -0.0185. The normalized spacial score (nSPS) is 22.5. The fourth-order valence-corrected chi connectivity index (χ4v) is 4.56. The Morgan fingerprint density at radius 2 is 2.19 bits per heavy atom. The number of aryl methyl sites for hydroxylation is 1. The maximum atomic E-state index is 12.8. The van der Waals surface area contributed by atoms with Crippen LogP contribution < -0.4 is 4.90 Å². The molecule has 0 saturated carbocycles. The van der Waals surface area contributed by atoms with Crippen LogP contribution in [-0.4, -0.2) is 59.0 Å². The summed E-state index contributed by atoms with van der Waals surface area (Å²) in [4.78, 5) is 35.5. The maximum absolute atomic E-state index is 12.8. The Morgan fingerprint density at radius 3 is 3.00 bits per heavy atom. The van der Waals surface area contributed by atoms with Crippen molar-refractivity contribution < 1.29 is 9.59 Å². The van der Waals surface area contributed by atoms with Gasteiger partial charge in [-0.3, -0.25) is 14.6 Å². The summed E-state index contributed by atoms with van der Waals surface area (Å²) in [6.45, 7) is 6.32. The average molecular weight is 370 g/mol. The van der Waals surface area contributed by atoms with Gasteiger partial charge in [0.05, 0.1) is 13.0 Å². The SMILES string of the molecule is Cc1cccc(N2CC(C)N(C(=O)CC3=CSC4=NCCN34)CC2=O)c1. The van der Waals surface area contributed by atoms with Crippen molar-refractivity contribution in [1.29, 1.82) is 0 Å². The van der Waals surface area contributed by atoms with Crippen molar-refractivity contribution >= 4 is 34.4 Å². The van der Waals surface area contributed by atoms with E-state index in [9.17, 15) is 9.59 Å². The lowest BCUT2D eigenvalue weighted by atomic mass is 10.1. The third-order valence-corrected chi connectivity index (χ3v) is 5.95. The van der Waals surface area contributed by atoms with Gasteiger partial charge in [0.15, 0.2) is 5.17 Å². The van der Waals surface area contributed by atoms with Crippen LogP contribution in [0, 0.1) is 6.92 Å². The van der Waals surface area contributed by atoms with Crippen molar-refractivity contribution in [2.75, 3.05) is 31.1 Å². The molecular formula is C19H22N4O2S. The molecule has 1 saturated heterocycles. The first-order valence-corrected chi connectivity index (χ1v) is 9.75. The number of hydrogen-bond donors (Lipinski definition) is 0. The van der Waals surface area contributed by atoms with Gasteiger partial charge in [-0.1, -0.05) is 23.9 Å². The summed E-state index contributed by atoms with van der Waals surface area (Å²) < 4.78 is 0. The molecule has 3 aliphatic heterocycles. The molecule has 7 heteroatoms. The molecule has 6 nitrogen and oxygen atoms in total. The Hall–Kier alpha value is -2.28. The summed E-state index contributed by atoms with van der Waals surface area (Å²) in [5.41, 5.74) is 3.02. The lowest BCUT2D eigenvalue weighted by molar-refractivity contribution is -0.138. The van der Waals surface area contributed by atoms with Crippen LogP contribution in [-0.2, 0) is 9.59 Å². The van der Waals surface area contributed by atoms with E-state index in [2.05, 4.69) is 9.89 Å². The number of thioether (sulfide) groups is 1. The number of amidine groups is 1. The minimum absolute atomic E-state index is 0.00902. The van der Waals surface area contributed by atoms with Gasteiger partial charge in [-0.15, -0.1) is 0 Å². The number of aliphatic imine (C=N–C) groups is 1. The number of rotatable bonds is 3. The molecule has 1 unspecified atom stereocenters. The number of hydrogen-bond acceptors (Lipinski definition) is 5. The topological polar surface area (TPSA) is 56.2 Å². The first-order valence-electron chi connectivity index (χ1n) is 8.87. The minimum atomic E-state index is -0.0275. The first-order chi connectivity index (χ1) is 12.5. The van der Waals surface area contributed by atoms with Crippen LogP contribution in [0.2, 0.25) is 0 Å². The highest BCUT2D eigenvalue weighted by molar-refractivity contribution is 8.16. The molecule has 1 fully saturated rings. The van der Waals surface area contributed by atoms with E-state index in [0.717, 1.165) is 35.2 Å². The fraction of sp³-hybridized carbons (Fsp3) is 0.421. The fourth-order valence-electron chi connectivity index (χ4n) is 3.60. The van der Waals surface area contributed by atoms with E-state index in [1.54, 1.807) is 21.6 Å². The number of carbonyl (C=O) groups excluding carboxylic acids is 2. The molecule has 1 atom stereocenters. The molecule has 0 spiro atoms. The van der Waals surface area contributed by atoms with Gasteiger partial charge in [0.25, 0.3) is 0 Å². The van der Waals surface area contributed by atoms with E-state index in [1.807, 2.05) is 43.5 Å². The maximum Gasteiger partial charge on any atom is 0.246 e. The highest BCUT2D eigenvalue weighted by Crippen LogP contribution is 2.31. The molecule has 0 aliphatic carbocycles. The van der Waals surface area contributed by atoms with Crippen LogP contribution in [0.25, 0.3) is 0 Å². The zero-order valence-electron chi connectivity index (χ0n) is 15.0. The second kappa shape index (κ2) is 6.79. The van der Waals surface area contributed by atoms with Gasteiger partial charge < -0.3 is 14.7 Å². The van der Waals surface area contributed by atoms with Crippen molar-refractivity contribution in [2.45, 2.75) is 26.3 Å². The number of benzene rings is 1. The standard InChI is InChI=1S/C19H22N4O2S/c1-13-4-3-5-15(8-13)23-10-14(2)22(11-18(23)25)17(24)9-16-12-26-19-20-6-7-21(16)19/h3-5,8,12,14H,6-7,9-11H2,1-2H3. The van der Waals surface area contributed by atoms with E-state index in [4.69, 9.17) is 0 Å². The third kappa shape index (κ3) is 3.11. The second-order valence-corrected chi connectivity index (χ2v) is 7.77. The molecule has 1 aromatic rings. The predicted octanol–water partition coefficient (Wildman–Crippen LogP) is 2.21. The minimum Gasteiger partial charge on any atom is -0.329 e. The molecule has 26 heavy (non-hydrogen) atoms. The molecule has 1 aromatic carbocycles. The monoisotopic (exact) mass is 370 g/mol. The lowest BCUT2D eigenvalue weighted by Crippen LogP contribution is -2.57. The second-order valence-electron chi connectivity index (χ2n) is 6.93. The van der Waals surface area contributed by atoms with Gasteiger partial charge in [-0.05, 0) is 37.0 Å². The summed E-state index contributed by atoms with van der Waals surface area (Å²) in [6, 6.07) is 7.92. The van der Waals surface area contributed by atoms with Gasteiger partial charge in [0.1, 0.15) is 6.54 Å². The highest BCUT2D eigenvalue weighted by Gasteiger charge is 2.35. The molecule has 0 aromatic heterocycles. The Bertz CT molecular complexity index is 820. The van der Waals surface area contributed by atoms with Gasteiger partial charge in [0, 0.05) is 30.5 Å². The van der Waals surface area contributed by atoms with Crippen molar-refractivity contribution in [2.24, 2.45) is 4.99 Å². The van der Waals surface area contributed by atoms with Crippen LogP contribution in [0.1, 0.15) is 18.9 Å². The predicted molar refractivity (Wildman–Crippen MR) is 104 cm³/mol. The Kier molecular flexibility index (Phi) is 4.48. The number of amides is 2. The molecule has 0 radical (unpaired) electrons. The van der Waals surface area contributed by atoms with E-state index >= 15 is 0 Å². The van der Waals surface area contributed by atoms with Gasteiger partial charge in [-0.2, -0.15) is 0 Å². The molecule has 2 amide bonds. The van der Waals surface area contributed by atoms with Crippen molar-refractivity contribution in [3.05, 3.63) is 40.9 Å². The number of anilines is 1. The molecule has 4 rings (SSSR count). The van der Waals surface area contributed by atoms with Crippen LogP contribution >= 0.6 is 11.8 Å². The molecule has 3 aliphatic rings. The van der Waals surface area contributed by atoms with E-state index in [0.29, 0.717) is 13.0 Å². The number of fused-ring (bicyclic) bond motifs is 1. The van der Waals surface area contributed by atoms with Crippen LogP contribution in [0.4, 0.5) is 5.69 Å². The Labute approximate surface area is 157 Å². The largest absolute Gasteiger partial charge is 0.329 e. The van der Waals surface area contributed by atoms with Gasteiger partial charge in [0.2, 0.25) is 11.8 Å². The molecule has 3 heterocycles. The van der Waals surface area contributed by atoms with Crippen molar-refractivity contribution in [3.63, 3.8) is 0 Å². The molecular weight excluding hydrogens is 348 g/mol. The zero-order valence-corrected chi connectivity index (χ0v) is 15.8. The van der Waals surface area contributed by atoms with Crippen LogP contribution in [0.3, 0.4) is 0 Å². The average Bonchev–Trinajstić information content (AvgIpc) is 3.21. The summed E-state index contributed by atoms with van der Waals surface area (Å²) >= 11 is 1.58. The van der Waals surface area contributed by atoms with Gasteiger partial charge in [-0.25, -0.2) is 0 Å². The lowest BCUT2D eigenvalue weighted by Gasteiger charge is -2.39. The summed E-state index contributed by atoms with van der Waals surface area (Å²) in [5, 5.41) is 2.99. The summed E-state index contributed by atoms with van der Waals surface area (Å²) in [7, 11) is 0. The van der Waals surface area contributed by atoms with E-state index in [1.165, 1.54) is 0 Å². The van der Waals surface area contributed by atoms with E-state index in [-0.39, 0.29) is 24.4 Å².